The van der Waals surface area contributed by atoms with E-state index in [9.17, 15) is 48.0 Å². The molecule has 1 aromatic carbocycles. The van der Waals surface area contributed by atoms with E-state index in [0.717, 1.165) is 0 Å². The number of ketones is 2. The van der Waals surface area contributed by atoms with Crippen LogP contribution in [-0.2, 0) is 27.3 Å². The zero-order valence-electron chi connectivity index (χ0n) is 23.9. The van der Waals surface area contributed by atoms with E-state index in [-0.39, 0.29) is 42.6 Å². The van der Waals surface area contributed by atoms with Gasteiger partial charge in [-0.05, 0) is 51.5 Å². The third kappa shape index (κ3) is 4.90. The van der Waals surface area contributed by atoms with Gasteiger partial charge in [-0.15, -0.1) is 0 Å². The molecule has 1 saturated carbocycles. The zero-order valence-corrected chi connectivity index (χ0v) is 23.9. The van der Waals surface area contributed by atoms with Gasteiger partial charge < -0.3 is 36.0 Å². The highest BCUT2D eigenvalue weighted by Crippen LogP contribution is 2.54. The van der Waals surface area contributed by atoms with Gasteiger partial charge in [0.15, 0.2) is 11.4 Å². The number of hydrogen-bond donors (Lipinski definition) is 5. The molecule has 6 N–H and O–H groups in total. The molecule has 230 valence electrons. The van der Waals surface area contributed by atoms with E-state index in [4.69, 9.17) is 5.73 Å². The zero-order chi connectivity index (χ0) is 31.6. The number of aliphatic hydroxyl groups excluding tert-OH is 2. The Morgan fingerprint density at radius 3 is 2.26 bits per heavy atom. The van der Waals surface area contributed by atoms with Crippen LogP contribution < -0.4 is 10.6 Å². The molecule has 11 nitrogen and oxygen atoms in total. The standard InChI is InChI=1S/C28H35F3N4O7/c1-33(2)16-10-13(11-35(5)7-6-27(29,30)31)21(36)18-14(16)8-12-9-15-20(34(3)4)23(38)19(26(32)41)25(40)28(15,42)24(39)17(12)22(18)37/h10,12,15,20,36-37,40,42H,6-9,11H2,1-5H3,(H2,32,41)/t12?,15?,20-,28-/m0/s1. The molecule has 0 aliphatic heterocycles. The van der Waals surface area contributed by atoms with Gasteiger partial charge in [0.05, 0.1) is 18.0 Å². The number of carbonyl (C=O) groups is 3. The number of nitrogens with two attached hydrogens (primary N) is 1. The van der Waals surface area contributed by atoms with Crippen LogP contribution in [0.25, 0.3) is 5.76 Å². The summed E-state index contributed by atoms with van der Waals surface area (Å²) in [6, 6.07) is 0.414. The number of hydrogen-bond acceptors (Lipinski definition) is 10. The number of anilines is 1. The lowest BCUT2D eigenvalue weighted by Crippen LogP contribution is -2.65. The SMILES string of the molecule is CN(CCC(F)(F)F)Cc1cc(N(C)C)c2c(c1O)C(O)=C1C(=O)[C@]3(O)C(O)=C(C(N)=O)C(=O)[C@@H](N(C)C)C3CC1C2. The maximum absolute atomic E-state index is 14.0. The summed E-state index contributed by atoms with van der Waals surface area (Å²) in [4.78, 5) is 43.8. The minimum absolute atomic E-state index is 0.0542. The summed E-state index contributed by atoms with van der Waals surface area (Å²) in [6.45, 7) is -0.459. The summed E-state index contributed by atoms with van der Waals surface area (Å²) in [6.07, 6.45) is -5.40. The number of aromatic hydroxyl groups is 1. The van der Waals surface area contributed by atoms with Gasteiger partial charge in [-0.3, -0.25) is 19.3 Å². The summed E-state index contributed by atoms with van der Waals surface area (Å²) in [5.74, 6) is -7.54. The average molecular weight is 597 g/mol. The van der Waals surface area contributed by atoms with Crippen molar-refractivity contribution in [3.8, 4) is 5.75 Å². The fraction of sp³-hybridized carbons (Fsp3) is 0.536. The average Bonchev–Trinajstić information content (AvgIpc) is 2.85. The molecule has 3 aliphatic rings. The molecule has 0 aromatic heterocycles. The molecule has 42 heavy (non-hydrogen) atoms. The molecule has 0 saturated heterocycles. The Kier molecular flexibility index (Phi) is 7.89. The maximum atomic E-state index is 14.0. The van der Waals surface area contributed by atoms with Crippen LogP contribution in [0.5, 0.6) is 5.75 Å². The Labute approximate surface area is 240 Å². The molecule has 0 spiro atoms. The van der Waals surface area contributed by atoms with Crippen molar-refractivity contribution in [2.24, 2.45) is 17.6 Å². The number of carbonyl (C=O) groups excluding carboxylic acids is 3. The van der Waals surface area contributed by atoms with Crippen molar-refractivity contribution in [2.45, 2.75) is 43.6 Å². The van der Waals surface area contributed by atoms with Crippen LogP contribution in [0.3, 0.4) is 0 Å². The van der Waals surface area contributed by atoms with Crippen LogP contribution in [0.15, 0.2) is 23.0 Å². The Balaban J connectivity index is 1.89. The lowest BCUT2D eigenvalue weighted by atomic mass is 9.57. The van der Waals surface area contributed by atoms with Crippen LogP contribution >= 0.6 is 0 Å². The van der Waals surface area contributed by atoms with Gasteiger partial charge in [-0.25, -0.2) is 0 Å². The molecule has 1 aromatic rings. The van der Waals surface area contributed by atoms with Crippen LogP contribution in [0.2, 0.25) is 0 Å². The highest BCUT2D eigenvalue weighted by molar-refractivity contribution is 6.24. The maximum Gasteiger partial charge on any atom is 0.390 e. The van der Waals surface area contributed by atoms with Crippen LogP contribution in [0, 0.1) is 11.8 Å². The molecule has 3 aliphatic carbocycles. The number of phenols is 1. The first-order valence-corrected chi connectivity index (χ1v) is 13.3. The third-order valence-corrected chi connectivity index (χ3v) is 8.48. The third-order valence-electron chi connectivity index (χ3n) is 8.48. The number of benzene rings is 1. The van der Waals surface area contributed by atoms with Crippen molar-refractivity contribution in [3.63, 3.8) is 0 Å². The van der Waals surface area contributed by atoms with Gasteiger partial charge in [0, 0.05) is 49.9 Å². The minimum atomic E-state index is -4.37. The molecule has 1 fully saturated rings. The number of rotatable bonds is 7. The van der Waals surface area contributed by atoms with Crippen molar-refractivity contribution < 1.29 is 48.0 Å². The first kappa shape index (κ1) is 31.3. The summed E-state index contributed by atoms with van der Waals surface area (Å²) >= 11 is 0. The van der Waals surface area contributed by atoms with Gasteiger partial charge in [-0.1, -0.05) is 0 Å². The summed E-state index contributed by atoms with van der Waals surface area (Å²) in [7, 11) is 7.90. The molecule has 2 unspecified atom stereocenters. The Morgan fingerprint density at radius 1 is 1.12 bits per heavy atom. The number of aliphatic hydroxyl groups is 3. The van der Waals surface area contributed by atoms with Crippen LogP contribution in [0.1, 0.15) is 29.5 Å². The largest absolute Gasteiger partial charge is 0.508 e. The van der Waals surface area contributed by atoms with Crippen molar-refractivity contribution in [1.29, 1.82) is 0 Å². The highest BCUT2D eigenvalue weighted by atomic mass is 19.4. The molecule has 0 heterocycles. The predicted octanol–water partition coefficient (Wildman–Crippen LogP) is 1.41. The normalized spacial score (nSPS) is 26.0. The fourth-order valence-electron chi connectivity index (χ4n) is 6.55. The van der Waals surface area contributed by atoms with Crippen LogP contribution in [-0.4, -0.2) is 107 Å². The number of alkyl halides is 3. The Bertz CT molecular complexity index is 1420. The minimum Gasteiger partial charge on any atom is -0.508 e. The highest BCUT2D eigenvalue weighted by Gasteiger charge is 2.64. The smallest absolute Gasteiger partial charge is 0.390 e. The Hall–Kier alpha value is -3.62. The van der Waals surface area contributed by atoms with Crippen molar-refractivity contribution in [1.82, 2.24) is 9.80 Å². The van der Waals surface area contributed by atoms with E-state index in [2.05, 4.69) is 0 Å². The fourth-order valence-corrected chi connectivity index (χ4v) is 6.55. The topological polar surface area (TPSA) is 168 Å². The number of amides is 1. The molecular weight excluding hydrogens is 561 g/mol. The van der Waals surface area contributed by atoms with Gasteiger partial charge >= 0.3 is 6.18 Å². The van der Waals surface area contributed by atoms with Gasteiger partial charge in [-0.2, -0.15) is 13.2 Å². The first-order chi connectivity index (χ1) is 19.3. The number of Topliss-reactive ketones (excluding diaryl/α,β-unsaturated/α-hetero) is 2. The monoisotopic (exact) mass is 596 g/mol. The molecule has 4 atom stereocenters. The molecule has 4 rings (SSSR count). The molecule has 0 radical (unpaired) electrons. The van der Waals surface area contributed by atoms with E-state index < -0.39 is 76.4 Å². The second kappa shape index (κ2) is 10.6. The summed E-state index contributed by atoms with van der Waals surface area (Å²) in [5, 5.41) is 45.5. The summed E-state index contributed by atoms with van der Waals surface area (Å²) in [5.41, 5.74) is 2.46. The van der Waals surface area contributed by atoms with E-state index in [0.29, 0.717) is 11.3 Å². The van der Waals surface area contributed by atoms with E-state index in [1.807, 2.05) is 0 Å². The van der Waals surface area contributed by atoms with Gasteiger partial charge in [0.25, 0.3) is 5.91 Å². The van der Waals surface area contributed by atoms with E-state index >= 15 is 0 Å². The van der Waals surface area contributed by atoms with Crippen molar-refractivity contribution in [3.05, 3.63) is 39.7 Å². The van der Waals surface area contributed by atoms with E-state index in [1.165, 1.54) is 30.9 Å². The molecule has 14 heteroatoms. The quantitative estimate of drug-likeness (QED) is 0.290. The predicted molar refractivity (Wildman–Crippen MR) is 146 cm³/mol. The number of phenolic OH excluding ortho intramolecular Hbond substituents is 1. The van der Waals surface area contributed by atoms with E-state index in [1.54, 1.807) is 25.1 Å². The lowest BCUT2D eigenvalue weighted by Gasteiger charge is -2.50. The molecule has 1 amide bonds. The second-order valence-electron chi connectivity index (χ2n) is 11.7. The summed E-state index contributed by atoms with van der Waals surface area (Å²) < 4.78 is 38.3. The van der Waals surface area contributed by atoms with Gasteiger partial charge in [0.2, 0.25) is 5.78 Å². The Morgan fingerprint density at radius 2 is 1.74 bits per heavy atom. The number of likely N-dealkylation sites (N-methyl/N-ethyl adjacent to an activating group) is 1. The number of nitrogens with zero attached hydrogens (tertiary/aromatic N) is 3. The van der Waals surface area contributed by atoms with Crippen molar-refractivity contribution in [2.75, 3.05) is 46.7 Å². The number of fused-ring (bicyclic) bond motifs is 3. The van der Waals surface area contributed by atoms with Crippen molar-refractivity contribution >= 4 is 28.9 Å². The van der Waals surface area contributed by atoms with Gasteiger partial charge in [0.1, 0.15) is 22.8 Å². The molecular formula is C28H35F3N4O7. The second-order valence-corrected chi connectivity index (χ2v) is 11.7. The lowest BCUT2D eigenvalue weighted by molar-refractivity contribution is -0.153. The molecule has 0 bridgehead atoms. The number of halogens is 3. The first-order valence-electron chi connectivity index (χ1n) is 13.3. The van der Waals surface area contributed by atoms with Crippen LogP contribution in [0.4, 0.5) is 18.9 Å². The number of primary amides is 1.